The van der Waals surface area contributed by atoms with Crippen LogP contribution in [0.3, 0.4) is 0 Å². The molecule has 0 aliphatic rings. The summed E-state index contributed by atoms with van der Waals surface area (Å²) in [6.07, 6.45) is 5.00. The third kappa shape index (κ3) is 8.29. The number of thioether (sulfide) groups is 1. The Balaban J connectivity index is 2.43. The normalized spacial score (nSPS) is 13.1. The first-order valence-corrected chi connectivity index (χ1v) is 13.0. The molecule has 1 aromatic carbocycles. The van der Waals surface area contributed by atoms with Crippen LogP contribution < -0.4 is 10.6 Å². The van der Waals surface area contributed by atoms with E-state index in [4.69, 9.17) is 14.7 Å². The number of hydrogen-bond donors (Lipinski definition) is 3. The van der Waals surface area contributed by atoms with Gasteiger partial charge in [0.25, 0.3) is 0 Å². The number of ether oxygens (including phenoxy) is 1. The minimum atomic E-state index is -0.326. The highest BCUT2D eigenvalue weighted by Gasteiger charge is 2.20. The zero-order valence-electron chi connectivity index (χ0n) is 21.9. The topological polar surface area (TPSA) is 79.3 Å². The van der Waals surface area contributed by atoms with E-state index in [0.29, 0.717) is 12.5 Å². The lowest BCUT2D eigenvalue weighted by molar-refractivity contribution is 0.0342. The van der Waals surface area contributed by atoms with E-state index >= 15 is 0 Å². The molecular formula is C27H42N4O2S. The molecule has 34 heavy (non-hydrogen) atoms. The molecule has 2 aromatic rings. The third-order valence-electron chi connectivity index (χ3n) is 5.94. The quantitative estimate of drug-likeness (QED) is 0.271. The number of benzene rings is 1. The van der Waals surface area contributed by atoms with Crippen molar-refractivity contribution in [1.82, 2.24) is 9.97 Å². The van der Waals surface area contributed by atoms with Gasteiger partial charge < -0.3 is 20.5 Å². The Bertz CT molecular complexity index is 942. The molecular weight excluding hydrogens is 444 g/mol. The van der Waals surface area contributed by atoms with E-state index in [9.17, 15) is 5.11 Å². The van der Waals surface area contributed by atoms with Gasteiger partial charge in [0, 0.05) is 36.6 Å². The molecule has 0 bridgehead atoms. The number of nitrogens with one attached hydrogen (secondary N) is 2. The van der Waals surface area contributed by atoms with Crippen LogP contribution in [0.2, 0.25) is 0 Å². The van der Waals surface area contributed by atoms with Crippen molar-refractivity contribution in [3.63, 3.8) is 0 Å². The molecule has 0 aliphatic carbocycles. The fourth-order valence-corrected chi connectivity index (χ4v) is 4.64. The smallest absolute Gasteiger partial charge is 0.224 e. The minimum Gasteiger partial charge on any atom is -0.396 e. The van der Waals surface area contributed by atoms with Crippen LogP contribution in [-0.4, -0.2) is 47.5 Å². The molecule has 1 heterocycles. The summed E-state index contributed by atoms with van der Waals surface area (Å²) in [6.45, 7) is 14.0. The van der Waals surface area contributed by atoms with Crippen LogP contribution in [0.4, 0.5) is 11.8 Å². The molecule has 0 fully saturated rings. The number of nitrogens with zero attached hydrogens (tertiary/aromatic N) is 2. The van der Waals surface area contributed by atoms with Gasteiger partial charge in [0.1, 0.15) is 5.82 Å². The van der Waals surface area contributed by atoms with Crippen molar-refractivity contribution in [2.24, 2.45) is 5.92 Å². The number of aromatic nitrogens is 2. The molecule has 0 aliphatic heterocycles. The average molecular weight is 487 g/mol. The van der Waals surface area contributed by atoms with E-state index in [2.05, 4.69) is 61.7 Å². The summed E-state index contributed by atoms with van der Waals surface area (Å²) in [6, 6.07) is 8.43. The van der Waals surface area contributed by atoms with Crippen LogP contribution in [0.1, 0.15) is 63.8 Å². The average Bonchev–Trinajstić information content (AvgIpc) is 2.81. The first-order chi connectivity index (χ1) is 16.2. The number of anilines is 2. The molecule has 2 rings (SSSR count). The van der Waals surface area contributed by atoms with Gasteiger partial charge in [-0.15, -0.1) is 0 Å². The van der Waals surface area contributed by atoms with Gasteiger partial charge >= 0.3 is 0 Å². The summed E-state index contributed by atoms with van der Waals surface area (Å²) >= 11 is 1.76. The maximum Gasteiger partial charge on any atom is 0.224 e. The summed E-state index contributed by atoms with van der Waals surface area (Å²) in [7, 11) is 1.71. The van der Waals surface area contributed by atoms with Gasteiger partial charge in [-0.2, -0.15) is 4.98 Å². The first-order valence-electron chi connectivity index (χ1n) is 12.2. The van der Waals surface area contributed by atoms with E-state index in [1.807, 2.05) is 20.8 Å². The van der Waals surface area contributed by atoms with Gasteiger partial charge in [-0.3, -0.25) is 0 Å². The van der Waals surface area contributed by atoms with Crippen molar-refractivity contribution in [2.75, 3.05) is 37.4 Å². The van der Waals surface area contributed by atoms with Crippen LogP contribution in [-0.2, 0) is 4.74 Å². The first kappa shape index (κ1) is 28.1. The van der Waals surface area contributed by atoms with Crippen molar-refractivity contribution in [3.05, 3.63) is 47.2 Å². The van der Waals surface area contributed by atoms with Gasteiger partial charge in [-0.1, -0.05) is 56.3 Å². The second-order valence-electron chi connectivity index (χ2n) is 9.19. The largest absolute Gasteiger partial charge is 0.396 e. The van der Waals surface area contributed by atoms with Crippen LogP contribution in [0, 0.1) is 19.8 Å². The fraction of sp³-hybridized carbons (Fsp3) is 0.556. The summed E-state index contributed by atoms with van der Waals surface area (Å²) in [4.78, 5) is 12.1. The lowest BCUT2D eigenvalue weighted by Gasteiger charge is -2.24. The molecule has 0 amide bonds. The zero-order chi connectivity index (χ0) is 25.1. The number of rotatable bonds is 14. The van der Waals surface area contributed by atoms with Crippen LogP contribution in [0.15, 0.2) is 35.2 Å². The fourth-order valence-electron chi connectivity index (χ4n) is 3.43. The lowest BCUT2D eigenvalue weighted by atomic mass is 10.0. The Morgan fingerprint density at radius 1 is 1.18 bits per heavy atom. The highest BCUT2D eigenvalue weighted by molar-refractivity contribution is 8.08. The van der Waals surface area contributed by atoms with Crippen molar-refractivity contribution >= 4 is 28.4 Å². The maximum absolute atomic E-state index is 9.60. The van der Waals surface area contributed by atoms with Gasteiger partial charge in [-0.05, 0) is 58.1 Å². The molecule has 1 unspecified atom stereocenters. The van der Waals surface area contributed by atoms with E-state index < -0.39 is 0 Å². The zero-order valence-corrected chi connectivity index (χ0v) is 22.7. The van der Waals surface area contributed by atoms with Gasteiger partial charge in [0.05, 0.1) is 16.9 Å². The molecule has 188 valence electrons. The Kier molecular flexibility index (Phi) is 11.4. The molecule has 0 saturated heterocycles. The molecule has 7 heteroatoms. The predicted octanol–water partition coefficient (Wildman–Crippen LogP) is 6.29. The molecule has 3 N–H and O–H groups in total. The van der Waals surface area contributed by atoms with Crippen molar-refractivity contribution in [1.29, 1.82) is 0 Å². The number of aliphatic hydroxyl groups is 1. The highest BCUT2D eigenvalue weighted by Crippen LogP contribution is 2.40. The SMILES string of the molecule is CC/C=C(/Sc1ccccc1C)c1c(C)nc(NCC(C)(C)OC)nc1NCCC(CC)CO. The third-order valence-corrected chi connectivity index (χ3v) is 7.21. The van der Waals surface area contributed by atoms with Gasteiger partial charge in [0.2, 0.25) is 5.95 Å². The summed E-state index contributed by atoms with van der Waals surface area (Å²) in [5.74, 6) is 1.68. The molecule has 0 radical (unpaired) electrons. The van der Waals surface area contributed by atoms with E-state index in [1.54, 1.807) is 18.9 Å². The summed E-state index contributed by atoms with van der Waals surface area (Å²) in [5.41, 5.74) is 2.87. The maximum atomic E-state index is 9.60. The number of allylic oxidation sites excluding steroid dienone is 1. The Morgan fingerprint density at radius 2 is 1.91 bits per heavy atom. The van der Waals surface area contributed by atoms with Crippen molar-refractivity contribution in [2.45, 2.75) is 71.3 Å². The molecule has 6 nitrogen and oxygen atoms in total. The Hall–Kier alpha value is -2.09. The monoisotopic (exact) mass is 486 g/mol. The Morgan fingerprint density at radius 3 is 2.53 bits per heavy atom. The van der Waals surface area contributed by atoms with Gasteiger partial charge in [-0.25, -0.2) is 4.98 Å². The lowest BCUT2D eigenvalue weighted by Crippen LogP contribution is -2.32. The molecule has 1 aromatic heterocycles. The number of methoxy groups -OCH3 is 1. The van der Waals surface area contributed by atoms with Crippen molar-refractivity contribution in [3.8, 4) is 0 Å². The van der Waals surface area contributed by atoms with Crippen molar-refractivity contribution < 1.29 is 9.84 Å². The van der Waals surface area contributed by atoms with Crippen LogP contribution in [0.25, 0.3) is 4.91 Å². The number of aryl methyl sites for hydroxylation is 2. The van der Waals surface area contributed by atoms with E-state index in [-0.39, 0.29) is 18.1 Å². The van der Waals surface area contributed by atoms with E-state index in [0.717, 1.165) is 47.8 Å². The highest BCUT2D eigenvalue weighted by atomic mass is 32.2. The van der Waals surface area contributed by atoms with Crippen LogP contribution in [0.5, 0.6) is 0 Å². The van der Waals surface area contributed by atoms with Crippen LogP contribution >= 0.6 is 11.8 Å². The second-order valence-corrected chi connectivity index (χ2v) is 10.3. The van der Waals surface area contributed by atoms with E-state index in [1.165, 1.54) is 10.5 Å². The summed E-state index contributed by atoms with van der Waals surface area (Å²) < 4.78 is 5.54. The number of hydrogen-bond acceptors (Lipinski definition) is 7. The molecule has 1 atom stereocenters. The molecule has 0 spiro atoms. The standard InChI is InChI=1S/C27H42N4O2S/c1-8-12-23(34-22-14-11-10-13-19(22)3)24-20(4)30-26(29-18-27(5,6)33-7)31-25(24)28-16-15-21(9-2)17-32/h10-14,21,32H,8-9,15-18H2,1-7H3,(H2,28,29,30,31)/b23-12+. The molecule has 0 saturated carbocycles. The van der Waals surface area contributed by atoms with Gasteiger partial charge in [0.15, 0.2) is 0 Å². The number of aliphatic hydroxyl groups excluding tert-OH is 1. The summed E-state index contributed by atoms with van der Waals surface area (Å²) in [5, 5.41) is 16.5. The Labute approximate surface area is 210 Å². The second kappa shape index (κ2) is 13.7. The minimum absolute atomic E-state index is 0.205. The predicted molar refractivity (Wildman–Crippen MR) is 146 cm³/mol.